The van der Waals surface area contributed by atoms with Crippen molar-refractivity contribution in [2.24, 2.45) is 0 Å². The molecule has 3 rings (SSSR count). The monoisotopic (exact) mass is 244 g/mol. The summed E-state index contributed by atoms with van der Waals surface area (Å²) in [6.45, 7) is 0. The van der Waals surface area contributed by atoms with Crippen LogP contribution in [0.15, 0.2) is 24.3 Å². The Bertz CT molecular complexity index is 574. The molecule has 0 saturated heterocycles. The van der Waals surface area contributed by atoms with E-state index in [1.165, 1.54) is 0 Å². The molecule has 90 valence electrons. The highest BCUT2D eigenvalue weighted by Gasteiger charge is 2.38. The Morgan fingerprint density at radius 3 is 2.33 bits per heavy atom. The zero-order chi connectivity index (χ0) is 12.5. The fourth-order valence-electron chi connectivity index (χ4n) is 1.83. The van der Waals surface area contributed by atoms with Gasteiger partial charge in [-0.25, -0.2) is 10.5 Å². The number of fused-ring (bicyclic) bond motifs is 1. The summed E-state index contributed by atoms with van der Waals surface area (Å²) in [6.07, 6.45) is 0. The lowest BCUT2D eigenvalue weighted by Gasteiger charge is -2.09. The summed E-state index contributed by atoms with van der Waals surface area (Å²) in [5.74, 6) is -0.308. The second-order valence-electron chi connectivity index (χ2n) is 3.73. The smallest absolute Gasteiger partial charge is 0.254 e. The molecule has 18 heavy (non-hydrogen) atoms. The number of ketones is 2. The first kappa shape index (κ1) is 10.5. The van der Waals surface area contributed by atoms with Crippen molar-refractivity contribution in [3.63, 3.8) is 0 Å². The van der Waals surface area contributed by atoms with Gasteiger partial charge >= 0.3 is 0 Å². The van der Waals surface area contributed by atoms with Crippen molar-refractivity contribution < 1.29 is 9.59 Å². The molecule has 1 aromatic heterocycles. The van der Waals surface area contributed by atoms with Gasteiger partial charge in [0.15, 0.2) is 17.6 Å². The number of nitrogens with zero attached hydrogens (tertiary/aromatic N) is 3. The molecule has 0 saturated carbocycles. The molecule has 3 N–H and O–H groups in total. The van der Waals surface area contributed by atoms with Crippen molar-refractivity contribution in [1.82, 2.24) is 26.0 Å². The van der Waals surface area contributed by atoms with E-state index in [1.807, 2.05) is 0 Å². The Kier molecular flexibility index (Phi) is 2.34. The van der Waals surface area contributed by atoms with Gasteiger partial charge in [0, 0.05) is 11.1 Å². The standard InChI is InChI=1S/C10H8N6O2/c17-8-5-3-1-2-4-6(5)9(18)7(8)11-12-10-13-15-16-14-10/h1-4,7,11H,(H2,12,13,14,15,16). The molecule has 8 nitrogen and oxygen atoms in total. The third-order valence-electron chi connectivity index (χ3n) is 2.66. The molecule has 0 amide bonds. The Labute approximate surface area is 101 Å². The minimum absolute atomic E-state index is 0.228. The molecule has 0 unspecified atom stereocenters. The number of Topliss-reactive ketones (excluding diaryl/α,β-unsaturated/α-hetero) is 2. The van der Waals surface area contributed by atoms with Crippen molar-refractivity contribution in [3.8, 4) is 0 Å². The Morgan fingerprint density at radius 2 is 1.78 bits per heavy atom. The average molecular weight is 244 g/mol. The maximum atomic E-state index is 12.0. The molecule has 0 spiro atoms. The summed E-state index contributed by atoms with van der Waals surface area (Å²) in [7, 11) is 0. The van der Waals surface area contributed by atoms with Crippen LogP contribution in [0.2, 0.25) is 0 Å². The number of hydrogen-bond donors (Lipinski definition) is 3. The summed E-state index contributed by atoms with van der Waals surface area (Å²) in [5.41, 5.74) is 6.04. The van der Waals surface area contributed by atoms with Crippen molar-refractivity contribution in [1.29, 1.82) is 0 Å². The van der Waals surface area contributed by atoms with Crippen LogP contribution in [0.4, 0.5) is 5.95 Å². The Balaban J connectivity index is 1.80. The van der Waals surface area contributed by atoms with Crippen LogP contribution in [-0.2, 0) is 0 Å². The quantitative estimate of drug-likeness (QED) is 0.495. The third-order valence-corrected chi connectivity index (χ3v) is 2.66. The van der Waals surface area contributed by atoms with E-state index in [-0.39, 0.29) is 17.5 Å². The molecule has 1 heterocycles. The number of tetrazole rings is 1. The predicted octanol–water partition coefficient (Wildman–Crippen LogP) is -0.436. The number of aromatic amines is 1. The van der Waals surface area contributed by atoms with Gasteiger partial charge in [-0.3, -0.25) is 15.0 Å². The van der Waals surface area contributed by atoms with Crippen LogP contribution in [0.5, 0.6) is 0 Å². The highest BCUT2D eigenvalue weighted by atomic mass is 16.2. The van der Waals surface area contributed by atoms with Crippen molar-refractivity contribution in [3.05, 3.63) is 35.4 Å². The van der Waals surface area contributed by atoms with Crippen LogP contribution in [0.25, 0.3) is 0 Å². The van der Waals surface area contributed by atoms with E-state index in [4.69, 9.17) is 0 Å². The lowest BCUT2D eigenvalue weighted by molar-refractivity contribution is 0.0874. The van der Waals surface area contributed by atoms with Gasteiger partial charge < -0.3 is 0 Å². The predicted molar refractivity (Wildman–Crippen MR) is 59.8 cm³/mol. The zero-order valence-corrected chi connectivity index (χ0v) is 9.04. The van der Waals surface area contributed by atoms with Gasteiger partial charge in [0.1, 0.15) is 0 Å². The normalized spacial score (nSPS) is 14.9. The molecule has 0 bridgehead atoms. The summed E-state index contributed by atoms with van der Waals surface area (Å²) in [4.78, 5) is 24.0. The number of nitrogens with one attached hydrogen (secondary N) is 3. The van der Waals surface area contributed by atoms with Crippen LogP contribution in [-0.4, -0.2) is 38.2 Å². The minimum Gasteiger partial charge on any atom is -0.292 e. The topological polar surface area (TPSA) is 113 Å². The highest BCUT2D eigenvalue weighted by Crippen LogP contribution is 2.21. The van der Waals surface area contributed by atoms with Crippen molar-refractivity contribution >= 4 is 17.5 Å². The number of H-pyrrole nitrogens is 1. The number of carbonyl (C=O) groups excluding carboxylic acids is 2. The second kappa shape index (κ2) is 4.00. The summed E-state index contributed by atoms with van der Waals surface area (Å²) in [5, 5.41) is 12.7. The number of benzene rings is 1. The molecule has 0 radical (unpaired) electrons. The lowest BCUT2D eigenvalue weighted by Crippen LogP contribution is -2.42. The fraction of sp³-hybridized carbons (Fsp3) is 0.100. The van der Waals surface area contributed by atoms with Crippen LogP contribution in [0.1, 0.15) is 20.7 Å². The number of hydrogen-bond acceptors (Lipinski definition) is 7. The molecule has 2 aromatic rings. The third kappa shape index (κ3) is 1.55. The first-order valence-electron chi connectivity index (χ1n) is 5.20. The largest absolute Gasteiger partial charge is 0.292 e. The van der Waals surface area contributed by atoms with E-state index in [9.17, 15) is 9.59 Å². The van der Waals surface area contributed by atoms with Crippen LogP contribution >= 0.6 is 0 Å². The van der Waals surface area contributed by atoms with E-state index in [0.29, 0.717) is 11.1 Å². The molecular formula is C10H8N6O2. The summed E-state index contributed by atoms with van der Waals surface area (Å²) < 4.78 is 0. The number of hydrazine groups is 1. The minimum atomic E-state index is -0.951. The maximum Gasteiger partial charge on any atom is 0.254 e. The fourth-order valence-corrected chi connectivity index (χ4v) is 1.83. The van der Waals surface area contributed by atoms with Crippen molar-refractivity contribution in [2.75, 3.05) is 5.43 Å². The Morgan fingerprint density at radius 1 is 1.11 bits per heavy atom. The van der Waals surface area contributed by atoms with E-state index in [0.717, 1.165) is 0 Å². The van der Waals surface area contributed by atoms with Crippen LogP contribution < -0.4 is 10.9 Å². The van der Waals surface area contributed by atoms with Gasteiger partial charge in [0.05, 0.1) is 0 Å². The lowest BCUT2D eigenvalue weighted by atomic mass is 10.1. The number of aromatic nitrogens is 4. The molecule has 8 heteroatoms. The van der Waals surface area contributed by atoms with Crippen molar-refractivity contribution in [2.45, 2.75) is 6.04 Å². The van der Waals surface area contributed by atoms with E-state index >= 15 is 0 Å². The van der Waals surface area contributed by atoms with E-state index < -0.39 is 6.04 Å². The first-order valence-corrected chi connectivity index (χ1v) is 5.20. The Hall–Kier alpha value is -2.61. The van der Waals surface area contributed by atoms with Gasteiger partial charge in [-0.1, -0.05) is 29.4 Å². The van der Waals surface area contributed by atoms with E-state index in [1.54, 1.807) is 24.3 Å². The molecular weight excluding hydrogens is 236 g/mol. The molecule has 1 aliphatic rings. The number of rotatable bonds is 3. The van der Waals surface area contributed by atoms with Crippen LogP contribution in [0, 0.1) is 0 Å². The maximum absolute atomic E-state index is 12.0. The van der Waals surface area contributed by atoms with Crippen LogP contribution in [0.3, 0.4) is 0 Å². The first-order chi connectivity index (χ1) is 8.77. The van der Waals surface area contributed by atoms with Gasteiger partial charge in [-0.15, -0.1) is 0 Å². The summed E-state index contributed by atoms with van der Waals surface area (Å²) in [6, 6.07) is 5.76. The second-order valence-corrected chi connectivity index (χ2v) is 3.73. The average Bonchev–Trinajstić information content (AvgIpc) is 2.98. The molecule has 0 fully saturated rings. The van der Waals surface area contributed by atoms with E-state index in [2.05, 4.69) is 31.5 Å². The molecule has 0 atom stereocenters. The van der Waals surface area contributed by atoms with Gasteiger partial charge in [-0.05, 0) is 10.4 Å². The summed E-state index contributed by atoms with van der Waals surface area (Å²) >= 11 is 0. The SMILES string of the molecule is O=C1c2ccccc2C(=O)C1NNc1nnn[nH]1. The van der Waals surface area contributed by atoms with Gasteiger partial charge in [-0.2, -0.15) is 0 Å². The zero-order valence-electron chi connectivity index (χ0n) is 9.04. The van der Waals surface area contributed by atoms with Gasteiger partial charge in [0.25, 0.3) is 5.95 Å². The molecule has 0 aliphatic heterocycles. The number of carbonyl (C=O) groups is 2. The molecule has 1 aromatic carbocycles. The highest BCUT2D eigenvalue weighted by molar-refractivity contribution is 6.29. The number of anilines is 1. The van der Waals surface area contributed by atoms with Gasteiger partial charge in [0.2, 0.25) is 0 Å². The molecule has 1 aliphatic carbocycles.